The summed E-state index contributed by atoms with van der Waals surface area (Å²) >= 11 is 6.00. The van der Waals surface area contributed by atoms with E-state index in [0.29, 0.717) is 17.3 Å². The SMILES string of the molecule is O=C(O)c1ccnc(Cc2ccccc2Cl)n1. The van der Waals surface area contributed by atoms with Gasteiger partial charge < -0.3 is 5.11 Å². The van der Waals surface area contributed by atoms with Gasteiger partial charge in [-0.15, -0.1) is 0 Å². The molecule has 0 unspecified atom stereocenters. The van der Waals surface area contributed by atoms with E-state index >= 15 is 0 Å². The number of aromatic carboxylic acids is 1. The van der Waals surface area contributed by atoms with Crippen molar-refractivity contribution in [1.29, 1.82) is 0 Å². The van der Waals surface area contributed by atoms with Crippen molar-refractivity contribution in [2.75, 3.05) is 0 Å². The minimum Gasteiger partial charge on any atom is -0.477 e. The number of nitrogens with zero attached hydrogens (tertiary/aromatic N) is 2. The minimum absolute atomic E-state index is 0.0120. The van der Waals surface area contributed by atoms with Crippen LogP contribution in [0.5, 0.6) is 0 Å². The lowest BCUT2D eigenvalue weighted by Gasteiger charge is -2.03. The van der Waals surface area contributed by atoms with Crippen LogP contribution in [-0.2, 0) is 6.42 Å². The van der Waals surface area contributed by atoms with E-state index < -0.39 is 5.97 Å². The van der Waals surface area contributed by atoms with Crippen LogP contribution in [0.2, 0.25) is 5.02 Å². The predicted molar refractivity (Wildman–Crippen MR) is 63.2 cm³/mol. The molecule has 0 bridgehead atoms. The average molecular weight is 249 g/mol. The monoisotopic (exact) mass is 248 g/mol. The molecular weight excluding hydrogens is 240 g/mol. The summed E-state index contributed by atoms with van der Waals surface area (Å²) in [5, 5.41) is 9.44. The Morgan fingerprint density at radius 2 is 2.06 bits per heavy atom. The van der Waals surface area contributed by atoms with Gasteiger partial charge in [0.05, 0.1) is 0 Å². The molecule has 86 valence electrons. The first-order chi connectivity index (χ1) is 8.16. The van der Waals surface area contributed by atoms with Crippen molar-refractivity contribution in [3.8, 4) is 0 Å². The van der Waals surface area contributed by atoms with Gasteiger partial charge in [0.2, 0.25) is 0 Å². The predicted octanol–water partition coefficient (Wildman–Crippen LogP) is 2.42. The van der Waals surface area contributed by atoms with Crippen molar-refractivity contribution >= 4 is 17.6 Å². The lowest BCUT2D eigenvalue weighted by Crippen LogP contribution is -2.05. The summed E-state index contributed by atoms with van der Waals surface area (Å²) in [6.45, 7) is 0. The number of carboxylic acids is 1. The second kappa shape index (κ2) is 4.93. The third kappa shape index (κ3) is 2.79. The van der Waals surface area contributed by atoms with Gasteiger partial charge in [-0.1, -0.05) is 29.8 Å². The zero-order valence-electron chi connectivity index (χ0n) is 8.80. The Labute approximate surface area is 103 Å². The topological polar surface area (TPSA) is 63.1 Å². The standard InChI is InChI=1S/C12H9ClN2O2/c13-9-4-2-1-3-8(9)7-11-14-6-5-10(15-11)12(16)17/h1-6H,7H2,(H,16,17). The highest BCUT2D eigenvalue weighted by Gasteiger charge is 2.08. The zero-order valence-corrected chi connectivity index (χ0v) is 9.55. The van der Waals surface area contributed by atoms with Crippen LogP contribution < -0.4 is 0 Å². The molecule has 1 heterocycles. The summed E-state index contributed by atoms with van der Waals surface area (Å²) < 4.78 is 0. The van der Waals surface area contributed by atoms with Gasteiger partial charge in [-0.2, -0.15) is 0 Å². The molecule has 0 saturated heterocycles. The van der Waals surface area contributed by atoms with Crippen LogP contribution in [0.15, 0.2) is 36.5 Å². The van der Waals surface area contributed by atoms with Crippen LogP contribution in [0.4, 0.5) is 0 Å². The zero-order chi connectivity index (χ0) is 12.3. The Morgan fingerprint density at radius 1 is 1.29 bits per heavy atom. The fourth-order valence-electron chi connectivity index (χ4n) is 1.42. The summed E-state index contributed by atoms with van der Waals surface area (Å²) in [6.07, 6.45) is 1.85. The molecule has 0 spiro atoms. The highest BCUT2D eigenvalue weighted by atomic mass is 35.5. The number of carboxylic acid groups (broad SMARTS) is 1. The minimum atomic E-state index is -1.06. The third-order valence-electron chi connectivity index (χ3n) is 2.23. The van der Waals surface area contributed by atoms with Crippen molar-refractivity contribution in [2.45, 2.75) is 6.42 Å². The van der Waals surface area contributed by atoms with Crippen molar-refractivity contribution in [2.24, 2.45) is 0 Å². The van der Waals surface area contributed by atoms with Gasteiger partial charge in [-0.3, -0.25) is 0 Å². The molecule has 0 fully saturated rings. The van der Waals surface area contributed by atoms with Gasteiger partial charge in [0, 0.05) is 17.6 Å². The largest absolute Gasteiger partial charge is 0.477 e. The van der Waals surface area contributed by atoms with Gasteiger partial charge in [0.25, 0.3) is 0 Å². The second-order valence-corrected chi connectivity index (χ2v) is 3.84. The van der Waals surface area contributed by atoms with Crippen molar-refractivity contribution in [3.63, 3.8) is 0 Å². The van der Waals surface area contributed by atoms with Gasteiger partial charge in [0.15, 0.2) is 5.69 Å². The van der Waals surface area contributed by atoms with Crippen molar-refractivity contribution in [1.82, 2.24) is 9.97 Å². The van der Waals surface area contributed by atoms with E-state index in [1.165, 1.54) is 12.3 Å². The molecule has 17 heavy (non-hydrogen) atoms. The van der Waals surface area contributed by atoms with E-state index in [4.69, 9.17) is 16.7 Å². The van der Waals surface area contributed by atoms with Gasteiger partial charge in [0.1, 0.15) is 5.82 Å². The van der Waals surface area contributed by atoms with Crippen LogP contribution in [0.1, 0.15) is 21.9 Å². The molecule has 0 atom stereocenters. The molecular formula is C12H9ClN2O2. The van der Waals surface area contributed by atoms with Crippen LogP contribution in [0, 0.1) is 0 Å². The van der Waals surface area contributed by atoms with Crippen LogP contribution in [-0.4, -0.2) is 21.0 Å². The van der Waals surface area contributed by atoms with Crippen molar-refractivity contribution in [3.05, 3.63) is 58.6 Å². The van der Waals surface area contributed by atoms with E-state index in [1.54, 1.807) is 6.07 Å². The molecule has 0 aliphatic carbocycles. The molecule has 5 heteroatoms. The first kappa shape index (κ1) is 11.5. The number of aromatic nitrogens is 2. The molecule has 0 aliphatic heterocycles. The number of halogens is 1. The van der Waals surface area contributed by atoms with Crippen molar-refractivity contribution < 1.29 is 9.90 Å². The van der Waals surface area contributed by atoms with E-state index in [0.717, 1.165) is 5.56 Å². The van der Waals surface area contributed by atoms with Gasteiger partial charge >= 0.3 is 5.97 Å². The molecule has 0 amide bonds. The maximum atomic E-state index is 10.8. The molecule has 1 aromatic heterocycles. The molecule has 2 rings (SSSR count). The Balaban J connectivity index is 2.28. The van der Waals surface area contributed by atoms with Gasteiger partial charge in [-0.05, 0) is 17.7 Å². The third-order valence-corrected chi connectivity index (χ3v) is 2.60. The molecule has 1 N–H and O–H groups in total. The number of hydrogen-bond donors (Lipinski definition) is 1. The second-order valence-electron chi connectivity index (χ2n) is 3.43. The highest BCUT2D eigenvalue weighted by Crippen LogP contribution is 2.17. The quantitative estimate of drug-likeness (QED) is 0.906. The summed E-state index contributed by atoms with van der Waals surface area (Å²) in [6, 6.07) is 8.69. The molecule has 0 aliphatic rings. The molecule has 1 aromatic carbocycles. The lowest BCUT2D eigenvalue weighted by molar-refractivity contribution is 0.0690. The fourth-order valence-corrected chi connectivity index (χ4v) is 1.62. The van der Waals surface area contributed by atoms with E-state index in [-0.39, 0.29) is 5.69 Å². The number of carbonyl (C=O) groups is 1. The van der Waals surface area contributed by atoms with Gasteiger partial charge in [-0.25, -0.2) is 14.8 Å². The van der Waals surface area contributed by atoms with Crippen LogP contribution in [0.25, 0.3) is 0 Å². The Bertz CT molecular complexity index is 558. The smallest absolute Gasteiger partial charge is 0.354 e. The van der Waals surface area contributed by atoms with E-state index in [2.05, 4.69) is 9.97 Å². The fraction of sp³-hybridized carbons (Fsp3) is 0.0833. The maximum absolute atomic E-state index is 10.8. The normalized spacial score (nSPS) is 10.2. The molecule has 0 saturated carbocycles. The summed E-state index contributed by atoms with van der Waals surface area (Å²) in [5.41, 5.74) is 0.860. The van der Waals surface area contributed by atoms with E-state index in [9.17, 15) is 4.79 Å². The Kier molecular flexibility index (Phi) is 3.35. The Morgan fingerprint density at radius 3 is 2.76 bits per heavy atom. The number of benzene rings is 1. The Hall–Kier alpha value is -1.94. The first-order valence-corrected chi connectivity index (χ1v) is 5.33. The maximum Gasteiger partial charge on any atom is 0.354 e. The summed E-state index contributed by atoms with van der Waals surface area (Å²) in [7, 11) is 0. The molecule has 2 aromatic rings. The molecule has 4 nitrogen and oxygen atoms in total. The van der Waals surface area contributed by atoms with Crippen LogP contribution >= 0.6 is 11.6 Å². The number of rotatable bonds is 3. The molecule has 0 radical (unpaired) electrons. The summed E-state index contributed by atoms with van der Waals surface area (Å²) in [4.78, 5) is 18.7. The first-order valence-electron chi connectivity index (χ1n) is 4.95. The average Bonchev–Trinajstić information content (AvgIpc) is 2.32. The van der Waals surface area contributed by atoms with Crippen LogP contribution in [0.3, 0.4) is 0 Å². The highest BCUT2D eigenvalue weighted by molar-refractivity contribution is 6.31. The van der Waals surface area contributed by atoms with E-state index in [1.807, 2.05) is 18.2 Å². The lowest BCUT2D eigenvalue weighted by atomic mass is 10.1. The summed E-state index contributed by atoms with van der Waals surface area (Å²) in [5.74, 6) is -0.620. The number of hydrogen-bond acceptors (Lipinski definition) is 3.